The molecule has 4 heteroatoms. The molecule has 0 spiro atoms. The third-order valence-corrected chi connectivity index (χ3v) is 3.86. The highest BCUT2D eigenvalue weighted by atomic mass is 16.5. The number of benzene rings is 1. The van der Waals surface area contributed by atoms with Crippen LogP contribution in [0.1, 0.15) is 43.5 Å². The van der Waals surface area contributed by atoms with E-state index in [-0.39, 0.29) is 23.7 Å². The fourth-order valence-electron chi connectivity index (χ4n) is 2.77. The van der Waals surface area contributed by atoms with Gasteiger partial charge >= 0.3 is 0 Å². The molecule has 4 nitrogen and oxygen atoms in total. The fraction of sp³-hybridized carbons (Fsp3) is 0.533. The van der Waals surface area contributed by atoms with Crippen molar-refractivity contribution in [2.24, 2.45) is 0 Å². The molecule has 1 aliphatic rings. The summed E-state index contributed by atoms with van der Waals surface area (Å²) >= 11 is 0. The van der Waals surface area contributed by atoms with E-state index in [4.69, 9.17) is 4.74 Å². The van der Waals surface area contributed by atoms with Crippen molar-refractivity contribution in [1.29, 1.82) is 0 Å². The molecule has 1 aliphatic heterocycles. The predicted molar refractivity (Wildman–Crippen MR) is 73.6 cm³/mol. The number of methoxy groups -OCH3 is 1. The Labute approximate surface area is 114 Å². The highest BCUT2D eigenvalue weighted by Gasteiger charge is 2.31. The highest BCUT2D eigenvalue weighted by Crippen LogP contribution is 2.29. The number of ether oxygens (including phenoxy) is 1. The summed E-state index contributed by atoms with van der Waals surface area (Å²) in [6.45, 7) is 4.12. The van der Waals surface area contributed by atoms with Crippen molar-refractivity contribution in [2.75, 3.05) is 7.11 Å². The number of amides is 1. The fourth-order valence-corrected chi connectivity index (χ4v) is 2.77. The number of likely N-dealkylation sites (tertiary alicyclic amines) is 1. The van der Waals surface area contributed by atoms with Gasteiger partial charge in [0.2, 0.25) is 0 Å². The number of carbonyl (C=O) groups is 1. The summed E-state index contributed by atoms with van der Waals surface area (Å²) in [6.07, 6.45) is 3.18. The number of hydrogen-bond donors (Lipinski definition) is 1. The van der Waals surface area contributed by atoms with Crippen LogP contribution in [-0.2, 0) is 0 Å². The van der Waals surface area contributed by atoms with E-state index in [1.807, 2.05) is 4.90 Å². The first-order valence-corrected chi connectivity index (χ1v) is 6.74. The Morgan fingerprint density at radius 3 is 2.53 bits per heavy atom. The van der Waals surface area contributed by atoms with E-state index >= 15 is 0 Å². The van der Waals surface area contributed by atoms with Gasteiger partial charge in [-0.05, 0) is 51.3 Å². The minimum Gasteiger partial charge on any atom is -0.507 e. The number of carbonyl (C=O) groups excluding carboxylic acids is 1. The molecule has 0 radical (unpaired) electrons. The maximum atomic E-state index is 12.6. The van der Waals surface area contributed by atoms with Crippen LogP contribution in [0.3, 0.4) is 0 Å². The molecule has 1 aromatic rings. The summed E-state index contributed by atoms with van der Waals surface area (Å²) in [7, 11) is 1.55. The second kappa shape index (κ2) is 5.51. The Bertz CT molecular complexity index is 462. The first kappa shape index (κ1) is 13.7. The van der Waals surface area contributed by atoms with Crippen LogP contribution in [0, 0.1) is 0 Å². The van der Waals surface area contributed by atoms with Crippen molar-refractivity contribution in [2.45, 2.75) is 45.2 Å². The first-order valence-electron chi connectivity index (χ1n) is 6.74. The summed E-state index contributed by atoms with van der Waals surface area (Å²) in [5.74, 6) is 0.477. The zero-order valence-corrected chi connectivity index (χ0v) is 11.7. The molecule has 2 unspecified atom stereocenters. The van der Waals surface area contributed by atoms with Gasteiger partial charge < -0.3 is 14.7 Å². The van der Waals surface area contributed by atoms with Crippen molar-refractivity contribution >= 4 is 5.91 Å². The van der Waals surface area contributed by atoms with Gasteiger partial charge in [-0.15, -0.1) is 0 Å². The van der Waals surface area contributed by atoms with Gasteiger partial charge in [-0.3, -0.25) is 4.79 Å². The van der Waals surface area contributed by atoms with Crippen LogP contribution >= 0.6 is 0 Å². The van der Waals surface area contributed by atoms with E-state index in [1.165, 1.54) is 6.07 Å². The standard InChI is InChI=1S/C15H21NO3/c1-10-5-4-6-11(2)16(10)15(18)13-9-12(19-3)7-8-14(13)17/h7-11,17H,4-6H2,1-3H3. The third kappa shape index (κ3) is 2.67. The number of nitrogens with zero attached hydrogens (tertiary/aromatic N) is 1. The zero-order valence-electron chi connectivity index (χ0n) is 11.7. The van der Waals surface area contributed by atoms with Crippen LogP contribution in [0.25, 0.3) is 0 Å². The van der Waals surface area contributed by atoms with E-state index < -0.39 is 0 Å². The zero-order chi connectivity index (χ0) is 14.0. The van der Waals surface area contributed by atoms with Crippen molar-refractivity contribution in [3.8, 4) is 11.5 Å². The Balaban J connectivity index is 2.32. The smallest absolute Gasteiger partial charge is 0.258 e. The molecule has 1 heterocycles. The molecule has 1 saturated heterocycles. The molecule has 2 atom stereocenters. The largest absolute Gasteiger partial charge is 0.507 e. The molecule has 1 amide bonds. The van der Waals surface area contributed by atoms with Gasteiger partial charge in [-0.25, -0.2) is 0 Å². The van der Waals surface area contributed by atoms with Crippen molar-refractivity contribution in [3.05, 3.63) is 23.8 Å². The van der Waals surface area contributed by atoms with E-state index in [0.717, 1.165) is 19.3 Å². The quantitative estimate of drug-likeness (QED) is 0.892. The molecule has 0 bridgehead atoms. The Morgan fingerprint density at radius 2 is 1.95 bits per heavy atom. The molecular weight excluding hydrogens is 242 g/mol. The molecule has 19 heavy (non-hydrogen) atoms. The van der Waals surface area contributed by atoms with Crippen LogP contribution in [-0.4, -0.2) is 35.1 Å². The summed E-state index contributed by atoms with van der Waals surface area (Å²) in [4.78, 5) is 14.5. The topological polar surface area (TPSA) is 49.8 Å². The van der Waals surface area contributed by atoms with Crippen LogP contribution in [0.15, 0.2) is 18.2 Å². The molecule has 0 aliphatic carbocycles. The molecular formula is C15H21NO3. The van der Waals surface area contributed by atoms with Gasteiger partial charge in [0, 0.05) is 12.1 Å². The summed E-state index contributed by atoms with van der Waals surface area (Å²) in [5.41, 5.74) is 0.319. The Hall–Kier alpha value is -1.71. The Morgan fingerprint density at radius 1 is 1.32 bits per heavy atom. The van der Waals surface area contributed by atoms with Crippen LogP contribution in [0.4, 0.5) is 0 Å². The van der Waals surface area contributed by atoms with Gasteiger partial charge in [0.25, 0.3) is 5.91 Å². The van der Waals surface area contributed by atoms with E-state index in [2.05, 4.69) is 13.8 Å². The summed E-state index contributed by atoms with van der Waals surface area (Å²) in [5, 5.41) is 9.90. The van der Waals surface area contributed by atoms with E-state index in [0.29, 0.717) is 11.3 Å². The number of phenols is 1. The van der Waals surface area contributed by atoms with Gasteiger partial charge in [-0.1, -0.05) is 0 Å². The van der Waals surface area contributed by atoms with E-state index in [9.17, 15) is 9.90 Å². The number of hydrogen-bond acceptors (Lipinski definition) is 3. The van der Waals surface area contributed by atoms with Crippen molar-refractivity contribution in [1.82, 2.24) is 4.90 Å². The molecule has 1 fully saturated rings. The molecule has 1 aromatic carbocycles. The Kier molecular flexibility index (Phi) is 3.98. The second-order valence-corrected chi connectivity index (χ2v) is 5.22. The lowest BCUT2D eigenvalue weighted by atomic mass is 9.96. The predicted octanol–water partition coefficient (Wildman–Crippen LogP) is 2.80. The lowest BCUT2D eigenvalue weighted by Gasteiger charge is -2.39. The summed E-state index contributed by atoms with van der Waals surface area (Å²) in [6, 6.07) is 5.18. The van der Waals surface area contributed by atoms with E-state index in [1.54, 1.807) is 19.2 Å². The molecule has 0 saturated carbocycles. The maximum Gasteiger partial charge on any atom is 0.258 e. The van der Waals surface area contributed by atoms with Crippen LogP contribution in [0.5, 0.6) is 11.5 Å². The number of rotatable bonds is 2. The molecule has 0 aromatic heterocycles. The number of phenolic OH excluding ortho intramolecular Hbond substituents is 1. The molecule has 104 valence electrons. The van der Waals surface area contributed by atoms with Crippen molar-refractivity contribution < 1.29 is 14.6 Å². The lowest BCUT2D eigenvalue weighted by Crippen LogP contribution is -2.47. The minimum atomic E-state index is -0.115. The third-order valence-electron chi connectivity index (χ3n) is 3.86. The summed E-state index contributed by atoms with van der Waals surface area (Å²) < 4.78 is 5.12. The van der Waals surface area contributed by atoms with Gasteiger partial charge in [-0.2, -0.15) is 0 Å². The van der Waals surface area contributed by atoms with Crippen LogP contribution < -0.4 is 4.74 Å². The molecule has 2 rings (SSSR count). The minimum absolute atomic E-state index is 0.00998. The number of aromatic hydroxyl groups is 1. The van der Waals surface area contributed by atoms with Crippen LogP contribution in [0.2, 0.25) is 0 Å². The lowest BCUT2D eigenvalue weighted by molar-refractivity contribution is 0.0507. The second-order valence-electron chi connectivity index (χ2n) is 5.22. The first-order chi connectivity index (χ1) is 9.04. The van der Waals surface area contributed by atoms with Gasteiger partial charge in [0.05, 0.1) is 12.7 Å². The molecule has 1 N–H and O–H groups in total. The monoisotopic (exact) mass is 263 g/mol. The normalized spacial score (nSPS) is 23.2. The highest BCUT2D eigenvalue weighted by molar-refractivity contribution is 5.97. The maximum absolute atomic E-state index is 12.6. The van der Waals surface area contributed by atoms with Gasteiger partial charge in [0.15, 0.2) is 0 Å². The van der Waals surface area contributed by atoms with Gasteiger partial charge in [0.1, 0.15) is 11.5 Å². The van der Waals surface area contributed by atoms with Crippen molar-refractivity contribution in [3.63, 3.8) is 0 Å². The average Bonchev–Trinajstić information content (AvgIpc) is 2.39. The SMILES string of the molecule is COc1ccc(O)c(C(=O)N2C(C)CCCC2C)c1. The number of piperidine rings is 1. The average molecular weight is 263 g/mol.